The minimum absolute atomic E-state index is 0.0252. The van der Waals surface area contributed by atoms with Gasteiger partial charge < -0.3 is 10.1 Å². The van der Waals surface area contributed by atoms with Crippen LogP contribution < -0.4 is 10.1 Å². The number of carbonyl (C=O) groups excluding carboxylic acids is 1. The van der Waals surface area contributed by atoms with Crippen molar-refractivity contribution in [2.24, 2.45) is 0 Å². The third kappa shape index (κ3) is 5.44. The lowest BCUT2D eigenvalue weighted by atomic mass is 10.1. The Morgan fingerprint density at radius 2 is 1.81 bits per heavy atom. The van der Waals surface area contributed by atoms with Gasteiger partial charge in [-0.15, -0.1) is 0 Å². The van der Waals surface area contributed by atoms with Gasteiger partial charge in [0.25, 0.3) is 0 Å². The molecule has 0 bridgehead atoms. The second-order valence-electron chi connectivity index (χ2n) is 5.90. The molecule has 0 fully saturated rings. The number of aromatic nitrogens is 3. The lowest BCUT2D eigenvalue weighted by molar-refractivity contribution is -0.121. The van der Waals surface area contributed by atoms with Crippen LogP contribution in [-0.4, -0.2) is 27.3 Å². The lowest BCUT2D eigenvalue weighted by Gasteiger charge is -2.11. The first-order valence-electron chi connectivity index (χ1n) is 8.65. The van der Waals surface area contributed by atoms with Crippen LogP contribution in [0.5, 0.6) is 5.75 Å². The molecule has 3 rings (SSSR count). The molecule has 1 heterocycles. The van der Waals surface area contributed by atoms with E-state index < -0.39 is 0 Å². The number of hydrogen-bond donors (Lipinski definition) is 1. The van der Waals surface area contributed by atoms with Crippen molar-refractivity contribution in [1.29, 1.82) is 0 Å². The molecule has 3 aromatic rings. The zero-order chi connectivity index (χ0) is 18.0. The monoisotopic (exact) mass is 350 g/mol. The van der Waals surface area contributed by atoms with Crippen molar-refractivity contribution < 1.29 is 9.53 Å². The molecule has 0 atom stereocenters. The summed E-state index contributed by atoms with van der Waals surface area (Å²) in [6, 6.07) is 17.6. The van der Waals surface area contributed by atoms with Crippen molar-refractivity contribution in [3.8, 4) is 5.75 Å². The predicted octanol–water partition coefficient (Wildman–Crippen LogP) is 2.80. The number of hydrogen-bond acceptors (Lipinski definition) is 4. The summed E-state index contributed by atoms with van der Waals surface area (Å²) in [5.74, 6) is 0.854. The molecule has 1 aromatic heterocycles. The van der Waals surface area contributed by atoms with Crippen molar-refractivity contribution >= 4 is 5.91 Å². The standard InChI is InChI=1S/C20H22N4O2/c25-20(11-6-12-26-19-9-2-1-3-10-19)22-13-17-7-4-5-8-18(17)14-24-16-21-15-23-24/h1-5,7-10,15-16H,6,11-14H2,(H,22,25). The van der Waals surface area contributed by atoms with E-state index in [2.05, 4.69) is 15.4 Å². The molecule has 1 N–H and O–H groups in total. The van der Waals surface area contributed by atoms with E-state index in [1.807, 2.05) is 54.6 Å². The van der Waals surface area contributed by atoms with E-state index in [4.69, 9.17) is 4.74 Å². The van der Waals surface area contributed by atoms with E-state index in [9.17, 15) is 4.79 Å². The summed E-state index contributed by atoms with van der Waals surface area (Å²) in [7, 11) is 0. The number of ether oxygens (including phenoxy) is 1. The number of rotatable bonds is 9. The summed E-state index contributed by atoms with van der Waals surface area (Å²) >= 11 is 0. The van der Waals surface area contributed by atoms with Crippen LogP contribution in [0.3, 0.4) is 0 Å². The highest BCUT2D eigenvalue weighted by Gasteiger charge is 2.06. The van der Waals surface area contributed by atoms with Gasteiger partial charge in [0.15, 0.2) is 0 Å². The molecule has 134 valence electrons. The van der Waals surface area contributed by atoms with Crippen molar-refractivity contribution in [1.82, 2.24) is 20.1 Å². The lowest BCUT2D eigenvalue weighted by Crippen LogP contribution is -2.23. The van der Waals surface area contributed by atoms with Gasteiger partial charge in [-0.25, -0.2) is 9.67 Å². The van der Waals surface area contributed by atoms with Crippen LogP contribution in [0.15, 0.2) is 67.3 Å². The highest BCUT2D eigenvalue weighted by Crippen LogP contribution is 2.11. The molecule has 0 aliphatic carbocycles. The fourth-order valence-corrected chi connectivity index (χ4v) is 2.59. The predicted molar refractivity (Wildman–Crippen MR) is 98.6 cm³/mol. The molecule has 0 saturated carbocycles. The maximum atomic E-state index is 12.1. The van der Waals surface area contributed by atoms with Crippen LogP contribution in [0.1, 0.15) is 24.0 Å². The average Bonchev–Trinajstić information content (AvgIpc) is 3.18. The number of nitrogens with zero attached hydrogens (tertiary/aromatic N) is 3. The van der Waals surface area contributed by atoms with Crippen molar-refractivity contribution in [3.05, 3.63) is 78.4 Å². The molecular weight excluding hydrogens is 328 g/mol. The molecule has 0 spiro atoms. The topological polar surface area (TPSA) is 69.0 Å². The van der Waals surface area contributed by atoms with E-state index in [0.29, 0.717) is 32.5 Å². The Morgan fingerprint density at radius 3 is 2.58 bits per heavy atom. The van der Waals surface area contributed by atoms with Crippen molar-refractivity contribution in [2.45, 2.75) is 25.9 Å². The van der Waals surface area contributed by atoms with Gasteiger partial charge in [-0.3, -0.25) is 4.79 Å². The Balaban J connectivity index is 1.41. The maximum absolute atomic E-state index is 12.1. The summed E-state index contributed by atoms with van der Waals surface area (Å²) in [5, 5.41) is 7.10. The Bertz CT molecular complexity index is 804. The van der Waals surface area contributed by atoms with Gasteiger partial charge in [-0.1, -0.05) is 42.5 Å². The molecule has 6 nitrogen and oxygen atoms in total. The van der Waals surface area contributed by atoms with E-state index in [1.54, 1.807) is 11.0 Å². The zero-order valence-corrected chi connectivity index (χ0v) is 14.5. The molecule has 6 heteroatoms. The van der Waals surface area contributed by atoms with Crippen LogP contribution in [0, 0.1) is 0 Å². The highest BCUT2D eigenvalue weighted by atomic mass is 16.5. The molecule has 1 amide bonds. The SMILES string of the molecule is O=C(CCCOc1ccccc1)NCc1ccccc1Cn1cncn1. The first-order chi connectivity index (χ1) is 12.8. The van der Waals surface area contributed by atoms with E-state index in [0.717, 1.165) is 16.9 Å². The molecule has 2 aromatic carbocycles. The Hall–Kier alpha value is -3.15. The Kier molecular flexibility index (Phi) is 6.36. The van der Waals surface area contributed by atoms with E-state index in [-0.39, 0.29) is 5.91 Å². The maximum Gasteiger partial charge on any atom is 0.220 e. The van der Waals surface area contributed by atoms with Crippen LogP contribution in [0.25, 0.3) is 0 Å². The number of para-hydroxylation sites is 1. The van der Waals surface area contributed by atoms with Gasteiger partial charge in [0, 0.05) is 13.0 Å². The van der Waals surface area contributed by atoms with Gasteiger partial charge in [0.2, 0.25) is 5.91 Å². The first kappa shape index (κ1) is 17.7. The number of nitrogens with one attached hydrogen (secondary N) is 1. The van der Waals surface area contributed by atoms with E-state index >= 15 is 0 Å². The van der Waals surface area contributed by atoms with Crippen LogP contribution >= 0.6 is 0 Å². The van der Waals surface area contributed by atoms with Crippen molar-refractivity contribution in [3.63, 3.8) is 0 Å². The molecule has 26 heavy (non-hydrogen) atoms. The Labute approximate surface area is 152 Å². The normalized spacial score (nSPS) is 10.5. The summed E-state index contributed by atoms with van der Waals surface area (Å²) in [6.45, 7) is 1.67. The minimum atomic E-state index is 0.0252. The smallest absolute Gasteiger partial charge is 0.220 e. The van der Waals surface area contributed by atoms with Gasteiger partial charge >= 0.3 is 0 Å². The third-order valence-electron chi connectivity index (χ3n) is 3.95. The largest absolute Gasteiger partial charge is 0.494 e. The fraction of sp³-hybridized carbons (Fsp3) is 0.250. The highest BCUT2D eigenvalue weighted by molar-refractivity contribution is 5.75. The molecule has 0 aliphatic heterocycles. The second-order valence-corrected chi connectivity index (χ2v) is 5.90. The molecule has 0 aliphatic rings. The van der Waals surface area contributed by atoms with Gasteiger partial charge in [-0.05, 0) is 29.7 Å². The first-order valence-corrected chi connectivity index (χ1v) is 8.65. The van der Waals surface area contributed by atoms with Gasteiger partial charge in [0.1, 0.15) is 18.4 Å². The molecule has 0 radical (unpaired) electrons. The number of benzene rings is 2. The van der Waals surface area contributed by atoms with Gasteiger partial charge in [-0.2, -0.15) is 5.10 Å². The van der Waals surface area contributed by atoms with Crippen LogP contribution in [0.2, 0.25) is 0 Å². The van der Waals surface area contributed by atoms with Crippen molar-refractivity contribution in [2.75, 3.05) is 6.61 Å². The molecule has 0 unspecified atom stereocenters. The van der Waals surface area contributed by atoms with E-state index in [1.165, 1.54) is 6.33 Å². The molecular formula is C20H22N4O2. The quantitative estimate of drug-likeness (QED) is 0.603. The average molecular weight is 350 g/mol. The fourth-order valence-electron chi connectivity index (χ4n) is 2.59. The second kappa shape index (κ2) is 9.36. The summed E-state index contributed by atoms with van der Waals surface area (Å²) in [6.07, 6.45) is 4.32. The van der Waals surface area contributed by atoms with Crippen LogP contribution in [-0.2, 0) is 17.9 Å². The summed E-state index contributed by atoms with van der Waals surface area (Å²) in [4.78, 5) is 16.0. The zero-order valence-electron chi connectivity index (χ0n) is 14.5. The summed E-state index contributed by atoms with van der Waals surface area (Å²) < 4.78 is 7.37. The Morgan fingerprint density at radius 1 is 1.04 bits per heavy atom. The third-order valence-corrected chi connectivity index (χ3v) is 3.95. The minimum Gasteiger partial charge on any atom is -0.494 e. The number of carbonyl (C=O) groups is 1. The molecule has 0 saturated heterocycles. The van der Waals surface area contributed by atoms with Gasteiger partial charge in [0.05, 0.1) is 13.2 Å². The van der Waals surface area contributed by atoms with Crippen LogP contribution in [0.4, 0.5) is 0 Å². The number of amides is 1. The summed E-state index contributed by atoms with van der Waals surface area (Å²) in [5.41, 5.74) is 2.20.